The molecule has 0 saturated carbocycles. The summed E-state index contributed by atoms with van der Waals surface area (Å²) in [6, 6.07) is 15.0. The Bertz CT molecular complexity index is 662. The fourth-order valence-corrected chi connectivity index (χ4v) is 2.76. The third-order valence-corrected chi connectivity index (χ3v) is 3.90. The molecular weight excluding hydrogens is 308 g/mol. The van der Waals surface area contributed by atoms with Crippen molar-refractivity contribution in [2.45, 2.75) is 13.0 Å². The average Bonchev–Trinajstić information content (AvgIpc) is 2.51. The van der Waals surface area contributed by atoms with Crippen LogP contribution in [-0.2, 0) is 11.3 Å². The Kier molecular flexibility index (Phi) is 7.27. The molecule has 1 N–H and O–H groups in total. The van der Waals surface area contributed by atoms with Crippen molar-refractivity contribution in [3.05, 3.63) is 60.7 Å². The molecule has 23 heavy (non-hydrogen) atoms. The highest BCUT2D eigenvalue weighted by Gasteiger charge is 2.17. The molecule has 124 valence electrons. The first kappa shape index (κ1) is 19.2. The zero-order valence-electron chi connectivity index (χ0n) is 13.9. The van der Waals surface area contributed by atoms with Crippen LogP contribution in [0.1, 0.15) is 12.0 Å². The molecule has 3 nitrogen and oxygen atoms in total. The van der Waals surface area contributed by atoms with Crippen molar-refractivity contribution in [1.29, 1.82) is 0 Å². The van der Waals surface area contributed by atoms with E-state index in [1.165, 1.54) is 22.4 Å². The molecule has 0 atom stereocenters. The summed E-state index contributed by atoms with van der Waals surface area (Å²) in [5, 5.41) is 5.45. The van der Waals surface area contributed by atoms with Gasteiger partial charge in [0.1, 0.15) is 6.54 Å². The minimum absolute atomic E-state index is 0. The molecule has 0 bridgehead atoms. The molecule has 0 fully saturated rings. The lowest BCUT2D eigenvalue weighted by Crippen LogP contribution is -3.00. The van der Waals surface area contributed by atoms with E-state index < -0.39 is 0 Å². The Labute approximate surface area is 145 Å². The molecule has 0 aliphatic rings. The number of hydrogen-bond acceptors (Lipinski definition) is 1. The first-order valence-corrected chi connectivity index (χ1v) is 7.71. The largest absolute Gasteiger partial charge is 1.00 e. The third kappa shape index (κ3) is 5.70. The van der Waals surface area contributed by atoms with Crippen molar-refractivity contribution in [2.75, 3.05) is 27.2 Å². The number of benzene rings is 2. The molecule has 2 aromatic rings. The Morgan fingerprint density at radius 2 is 1.87 bits per heavy atom. The normalized spacial score (nSPS) is 10.9. The van der Waals surface area contributed by atoms with Crippen molar-refractivity contribution < 1.29 is 21.7 Å². The zero-order valence-corrected chi connectivity index (χ0v) is 14.6. The van der Waals surface area contributed by atoms with E-state index >= 15 is 0 Å². The van der Waals surface area contributed by atoms with Crippen molar-refractivity contribution in [1.82, 2.24) is 5.32 Å². The number of quaternary nitrogens is 1. The average molecular weight is 333 g/mol. The Morgan fingerprint density at radius 3 is 2.61 bits per heavy atom. The van der Waals surface area contributed by atoms with Gasteiger partial charge in [0.05, 0.1) is 20.6 Å². The second-order valence-corrected chi connectivity index (χ2v) is 6.30. The van der Waals surface area contributed by atoms with Crippen LogP contribution < -0.4 is 17.7 Å². The number of carbonyl (C=O) groups is 1. The highest BCUT2D eigenvalue weighted by molar-refractivity contribution is 5.86. The summed E-state index contributed by atoms with van der Waals surface area (Å²) in [7, 11) is 4.47. The smallest absolute Gasteiger partial charge is 0.243 e. The van der Waals surface area contributed by atoms with Crippen molar-refractivity contribution in [3.8, 4) is 0 Å². The van der Waals surface area contributed by atoms with Crippen LogP contribution in [0.3, 0.4) is 0 Å². The summed E-state index contributed by atoms with van der Waals surface area (Å²) in [5.41, 5.74) is 1.37. The van der Waals surface area contributed by atoms with Gasteiger partial charge in [-0.2, -0.15) is 0 Å². The highest BCUT2D eigenvalue weighted by Crippen LogP contribution is 2.21. The second kappa shape index (κ2) is 8.70. The molecule has 1 amide bonds. The summed E-state index contributed by atoms with van der Waals surface area (Å²) in [6.07, 6.45) is 2.27. The second-order valence-electron chi connectivity index (χ2n) is 6.30. The van der Waals surface area contributed by atoms with Crippen LogP contribution in [0, 0.1) is 0 Å². The summed E-state index contributed by atoms with van der Waals surface area (Å²) < 4.78 is 0.901. The van der Waals surface area contributed by atoms with Gasteiger partial charge in [-0.1, -0.05) is 49.0 Å². The fourth-order valence-electron chi connectivity index (χ4n) is 2.76. The SMILES string of the molecule is C=CC(=O)NCCC[N+](C)(C)Cc1cccc2ccccc12.[Cl-]. The summed E-state index contributed by atoms with van der Waals surface area (Å²) in [4.78, 5) is 11.1. The van der Waals surface area contributed by atoms with Gasteiger partial charge in [-0.25, -0.2) is 0 Å². The summed E-state index contributed by atoms with van der Waals surface area (Å²) >= 11 is 0. The van der Waals surface area contributed by atoms with Gasteiger partial charge < -0.3 is 22.2 Å². The van der Waals surface area contributed by atoms with E-state index in [2.05, 4.69) is 68.5 Å². The number of carbonyl (C=O) groups excluding carboxylic acids is 1. The Morgan fingerprint density at radius 1 is 1.17 bits per heavy atom. The maximum atomic E-state index is 11.1. The predicted octanol–water partition coefficient (Wildman–Crippen LogP) is 0.113. The zero-order chi connectivity index (χ0) is 16.0. The van der Waals surface area contributed by atoms with Crippen molar-refractivity contribution >= 4 is 16.7 Å². The van der Waals surface area contributed by atoms with Crippen LogP contribution in [-0.4, -0.2) is 37.6 Å². The predicted molar refractivity (Wildman–Crippen MR) is 92.5 cm³/mol. The van der Waals surface area contributed by atoms with Crippen LogP contribution in [0.15, 0.2) is 55.1 Å². The fraction of sp³-hybridized carbons (Fsp3) is 0.316. The third-order valence-electron chi connectivity index (χ3n) is 3.90. The maximum absolute atomic E-state index is 11.1. The van der Waals surface area contributed by atoms with E-state index in [0.717, 1.165) is 24.0 Å². The van der Waals surface area contributed by atoms with E-state index in [-0.39, 0.29) is 18.3 Å². The lowest BCUT2D eigenvalue weighted by Gasteiger charge is -2.30. The molecule has 0 spiro atoms. The molecule has 2 rings (SSSR count). The standard InChI is InChI=1S/C19H24N2O.ClH/c1-4-19(22)20-13-8-14-21(2,3)15-17-11-7-10-16-9-5-6-12-18(16)17;/h4-7,9-12H,1,8,13-15H2,2-3H3;1H. The number of hydrogen-bond donors (Lipinski definition) is 1. The van der Waals surface area contributed by atoms with Crippen molar-refractivity contribution in [3.63, 3.8) is 0 Å². The van der Waals surface area contributed by atoms with E-state index in [0.29, 0.717) is 6.54 Å². The van der Waals surface area contributed by atoms with Gasteiger partial charge in [-0.3, -0.25) is 4.79 Å². The lowest BCUT2D eigenvalue weighted by molar-refractivity contribution is -0.903. The molecule has 0 unspecified atom stereocenters. The van der Waals surface area contributed by atoms with Crippen molar-refractivity contribution in [2.24, 2.45) is 0 Å². The molecule has 2 aromatic carbocycles. The van der Waals surface area contributed by atoms with Gasteiger partial charge in [0.15, 0.2) is 0 Å². The minimum atomic E-state index is -0.0978. The lowest BCUT2D eigenvalue weighted by atomic mass is 10.0. The first-order valence-electron chi connectivity index (χ1n) is 7.71. The van der Waals surface area contributed by atoms with Gasteiger partial charge >= 0.3 is 0 Å². The van der Waals surface area contributed by atoms with Gasteiger partial charge in [0, 0.05) is 18.5 Å². The van der Waals surface area contributed by atoms with Crippen LogP contribution >= 0.6 is 0 Å². The van der Waals surface area contributed by atoms with Crippen LogP contribution in [0.25, 0.3) is 10.8 Å². The van der Waals surface area contributed by atoms with E-state index in [1.54, 1.807) is 0 Å². The molecule has 0 heterocycles. The van der Waals surface area contributed by atoms with Crippen LogP contribution in [0.2, 0.25) is 0 Å². The number of rotatable bonds is 7. The number of nitrogens with one attached hydrogen (secondary N) is 1. The highest BCUT2D eigenvalue weighted by atomic mass is 35.5. The Hall–Kier alpha value is -1.84. The number of amides is 1. The number of fused-ring (bicyclic) bond motifs is 1. The summed E-state index contributed by atoms with van der Waals surface area (Å²) in [5.74, 6) is -0.0978. The minimum Gasteiger partial charge on any atom is -1.00 e. The number of nitrogens with zero attached hydrogens (tertiary/aromatic N) is 1. The van der Waals surface area contributed by atoms with E-state index in [1.807, 2.05) is 0 Å². The molecule has 0 aliphatic carbocycles. The number of halogens is 1. The Balaban J connectivity index is 0.00000264. The van der Waals surface area contributed by atoms with Gasteiger partial charge in [-0.05, 0) is 16.8 Å². The van der Waals surface area contributed by atoms with E-state index in [9.17, 15) is 4.79 Å². The molecule has 0 saturated heterocycles. The monoisotopic (exact) mass is 332 g/mol. The van der Waals surface area contributed by atoms with Gasteiger partial charge in [-0.15, -0.1) is 0 Å². The van der Waals surface area contributed by atoms with Gasteiger partial charge in [0.2, 0.25) is 5.91 Å². The van der Waals surface area contributed by atoms with Crippen LogP contribution in [0.5, 0.6) is 0 Å². The maximum Gasteiger partial charge on any atom is 0.243 e. The molecular formula is C19H25ClN2O. The first-order chi connectivity index (χ1) is 10.5. The van der Waals surface area contributed by atoms with Gasteiger partial charge in [0.25, 0.3) is 0 Å². The topological polar surface area (TPSA) is 29.1 Å². The molecule has 0 aliphatic heterocycles. The molecule has 4 heteroatoms. The quantitative estimate of drug-likeness (QED) is 0.435. The van der Waals surface area contributed by atoms with E-state index in [4.69, 9.17) is 0 Å². The molecule has 0 aromatic heterocycles. The van der Waals surface area contributed by atoms with Crippen LogP contribution in [0.4, 0.5) is 0 Å². The molecule has 0 radical (unpaired) electrons. The summed E-state index contributed by atoms with van der Waals surface area (Å²) in [6.45, 7) is 6.15.